The molecule has 2 aliphatic rings. The zero-order chi connectivity index (χ0) is 25.1. The molecule has 1 aromatic carbocycles. The summed E-state index contributed by atoms with van der Waals surface area (Å²) in [5, 5.41) is 6.38. The van der Waals surface area contributed by atoms with Crippen LogP contribution in [0.2, 0.25) is 0 Å². The first-order valence-corrected chi connectivity index (χ1v) is 12.5. The van der Waals surface area contributed by atoms with Crippen LogP contribution in [0.1, 0.15) is 62.5 Å². The number of ether oxygens (including phenoxy) is 1. The number of carbonyl (C=O) groups excluding carboxylic acids is 2. The second kappa shape index (κ2) is 10.6. The van der Waals surface area contributed by atoms with Gasteiger partial charge in [-0.3, -0.25) is 9.59 Å². The smallest absolute Gasteiger partial charge is 0.253 e. The number of hydrogen-bond donors (Lipinski definition) is 2. The van der Waals surface area contributed by atoms with Gasteiger partial charge < -0.3 is 25.2 Å². The Morgan fingerprint density at radius 1 is 1.11 bits per heavy atom. The van der Waals surface area contributed by atoms with E-state index >= 15 is 0 Å². The number of carbonyl (C=O) groups is 2. The minimum absolute atomic E-state index is 0.000144. The predicted molar refractivity (Wildman–Crippen MR) is 138 cm³/mol. The van der Waals surface area contributed by atoms with Gasteiger partial charge in [0.2, 0.25) is 5.91 Å². The van der Waals surface area contributed by atoms with Crippen LogP contribution >= 0.6 is 0 Å². The highest BCUT2D eigenvalue weighted by atomic mass is 16.5. The summed E-state index contributed by atoms with van der Waals surface area (Å²) in [6.07, 6.45) is 3.91. The average molecular weight is 480 g/mol. The largest absolute Gasteiger partial charge is 0.497 e. The molecule has 2 amide bonds. The molecule has 0 saturated heterocycles. The summed E-state index contributed by atoms with van der Waals surface area (Å²) in [6, 6.07) is 9.98. The molecule has 4 rings (SSSR count). The molecule has 1 aromatic heterocycles. The van der Waals surface area contributed by atoms with Crippen molar-refractivity contribution in [3.8, 4) is 5.75 Å². The summed E-state index contributed by atoms with van der Waals surface area (Å²) >= 11 is 0. The van der Waals surface area contributed by atoms with E-state index in [0.717, 1.165) is 42.2 Å². The number of aromatic nitrogens is 1. The van der Waals surface area contributed by atoms with Gasteiger partial charge in [0.1, 0.15) is 5.75 Å². The number of hydrogen-bond acceptors (Lipinski definition) is 6. The molecule has 1 aliphatic carbocycles. The van der Waals surface area contributed by atoms with E-state index in [4.69, 9.17) is 4.74 Å². The Morgan fingerprint density at radius 2 is 1.83 bits per heavy atom. The lowest BCUT2D eigenvalue weighted by Gasteiger charge is -2.37. The Labute approximate surface area is 208 Å². The van der Waals surface area contributed by atoms with Crippen molar-refractivity contribution in [2.24, 2.45) is 5.92 Å². The van der Waals surface area contributed by atoms with Crippen molar-refractivity contribution in [2.75, 3.05) is 36.5 Å². The highest BCUT2D eigenvalue weighted by Gasteiger charge is 2.37. The molecule has 8 nitrogen and oxygen atoms in total. The fourth-order valence-electron chi connectivity index (χ4n) is 4.26. The van der Waals surface area contributed by atoms with E-state index in [2.05, 4.69) is 41.3 Å². The van der Waals surface area contributed by atoms with E-state index in [1.54, 1.807) is 18.2 Å². The molecule has 1 unspecified atom stereocenters. The standard InChI is InChI=1S/C27H37N5O3/c1-17(2)18(3)28-16-25(33)32-13-12-31(22-8-9-22)26-24(32)14-21(15-29-26)27(34)30-19(4)20-6-10-23(35-5)11-7-20/h6-7,10-11,14-15,17-19,22,28H,8-9,12-13,16H2,1-5H3,(H,30,34)/t18?,19-/m0/s1. The van der Waals surface area contributed by atoms with Gasteiger partial charge in [0.05, 0.1) is 30.9 Å². The van der Waals surface area contributed by atoms with Crippen LogP contribution in [0.25, 0.3) is 0 Å². The molecule has 2 aromatic rings. The van der Waals surface area contributed by atoms with Gasteiger partial charge in [0.25, 0.3) is 5.91 Å². The second-order valence-corrected chi connectivity index (χ2v) is 9.92. The van der Waals surface area contributed by atoms with Crippen molar-refractivity contribution in [1.82, 2.24) is 15.6 Å². The Hall–Kier alpha value is -3.13. The van der Waals surface area contributed by atoms with E-state index in [1.807, 2.05) is 37.3 Å². The van der Waals surface area contributed by atoms with Crippen LogP contribution in [0.15, 0.2) is 36.5 Å². The zero-order valence-corrected chi connectivity index (χ0v) is 21.4. The maximum absolute atomic E-state index is 13.2. The maximum atomic E-state index is 13.2. The van der Waals surface area contributed by atoms with Crippen molar-refractivity contribution >= 4 is 23.3 Å². The van der Waals surface area contributed by atoms with E-state index in [1.165, 1.54) is 0 Å². The normalized spacial score (nSPS) is 17.1. The van der Waals surface area contributed by atoms with Crippen LogP contribution in [0, 0.1) is 5.92 Å². The number of anilines is 2. The minimum atomic E-state index is -0.217. The van der Waals surface area contributed by atoms with E-state index < -0.39 is 0 Å². The van der Waals surface area contributed by atoms with E-state index in [0.29, 0.717) is 24.1 Å². The summed E-state index contributed by atoms with van der Waals surface area (Å²) in [4.78, 5) is 35.1. The second-order valence-electron chi connectivity index (χ2n) is 9.92. The van der Waals surface area contributed by atoms with Gasteiger partial charge >= 0.3 is 0 Å². The van der Waals surface area contributed by atoms with Gasteiger partial charge in [0.15, 0.2) is 5.82 Å². The van der Waals surface area contributed by atoms with Crippen molar-refractivity contribution in [1.29, 1.82) is 0 Å². The molecular formula is C27H37N5O3. The van der Waals surface area contributed by atoms with Crippen LogP contribution in [0.4, 0.5) is 11.5 Å². The third-order valence-electron chi connectivity index (χ3n) is 7.06. The lowest BCUT2D eigenvalue weighted by molar-refractivity contribution is -0.118. The third kappa shape index (κ3) is 5.75. The molecule has 1 saturated carbocycles. The highest BCUT2D eigenvalue weighted by Crippen LogP contribution is 2.39. The fourth-order valence-corrected chi connectivity index (χ4v) is 4.26. The van der Waals surface area contributed by atoms with Crippen molar-refractivity contribution in [2.45, 2.75) is 58.7 Å². The molecule has 0 radical (unpaired) electrons. The monoisotopic (exact) mass is 479 g/mol. The van der Waals surface area contributed by atoms with E-state index in [9.17, 15) is 9.59 Å². The topological polar surface area (TPSA) is 86.8 Å². The molecular weight excluding hydrogens is 442 g/mol. The first-order chi connectivity index (χ1) is 16.8. The fraction of sp³-hybridized carbons (Fsp3) is 0.519. The molecule has 8 heteroatoms. The van der Waals surface area contributed by atoms with Gasteiger partial charge in [-0.15, -0.1) is 0 Å². The SMILES string of the molecule is COc1ccc([C@H](C)NC(=O)c2cnc3c(c2)N(C(=O)CNC(C)C(C)C)CCN3C2CC2)cc1. The Balaban J connectivity index is 1.53. The molecule has 1 aliphatic heterocycles. The van der Waals surface area contributed by atoms with Crippen molar-refractivity contribution < 1.29 is 14.3 Å². The van der Waals surface area contributed by atoms with Crippen LogP contribution in [-0.4, -0.2) is 55.6 Å². The Morgan fingerprint density at radius 3 is 2.46 bits per heavy atom. The average Bonchev–Trinajstić information content (AvgIpc) is 3.71. The van der Waals surface area contributed by atoms with Gasteiger partial charge in [-0.25, -0.2) is 4.98 Å². The number of rotatable bonds is 9. The quantitative estimate of drug-likeness (QED) is 0.572. The van der Waals surface area contributed by atoms with Crippen LogP contribution in [-0.2, 0) is 4.79 Å². The molecule has 2 N–H and O–H groups in total. The highest BCUT2D eigenvalue weighted by molar-refractivity contribution is 6.01. The maximum Gasteiger partial charge on any atom is 0.253 e. The van der Waals surface area contributed by atoms with Crippen molar-refractivity contribution in [3.63, 3.8) is 0 Å². The number of fused-ring (bicyclic) bond motifs is 1. The predicted octanol–water partition coefficient (Wildman–Crippen LogP) is 3.53. The zero-order valence-electron chi connectivity index (χ0n) is 21.4. The molecule has 35 heavy (non-hydrogen) atoms. The van der Waals surface area contributed by atoms with E-state index in [-0.39, 0.29) is 30.4 Å². The molecule has 2 heterocycles. The van der Waals surface area contributed by atoms with Gasteiger partial charge in [0, 0.05) is 31.4 Å². The van der Waals surface area contributed by atoms with Gasteiger partial charge in [-0.2, -0.15) is 0 Å². The van der Waals surface area contributed by atoms with Crippen LogP contribution in [0.5, 0.6) is 5.75 Å². The molecule has 0 bridgehead atoms. The Bertz CT molecular complexity index is 1050. The number of nitrogens with one attached hydrogen (secondary N) is 2. The van der Waals surface area contributed by atoms with Crippen LogP contribution in [0.3, 0.4) is 0 Å². The summed E-state index contributed by atoms with van der Waals surface area (Å²) in [5.74, 6) is 1.79. The molecule has 188 valence electrons. The number of methoxy groups -OCH3 is 1. The lowest BCUT2D eigenvalue weighted by atomic mass is 10.1. The number of pyridine rings is 1. The molecule has 2 atom stereocenters. The number of amides is 2. The molecule has 1 fully saturated rings. The minimum Gasteiger partial charge on any atom is -0.497 e. The number of benzene rings is 1. The van der Waals surface area contributed by atoms with Crippen molar-refractivity contribution in [3.05, 3.63) is 47.7 Å². The summed E-state index contributed by atoms with van der Waals surface area (Å²) in [5.41, 5.74) is 2.15. The number of nitrogens with zero attached hydrogens (tertiary/aromatic N) is 3. The third-order valence-corrected chi connectivity index (χ3v) is 7.06. The van der Waals surface area contributed by atoms with Gasteiger partial charge in [-0.1, -0.05) is 26.0 Å². The first-order valence-electron chi connectivity index (χ1n) is 12.5. The first kappa shape index (κ1) is 25.0. The Kier molecular flexibility index (Phi) is 7.60. The summed E-state index contributed by atoms with van der Waals surface area (Å²) in [6.45, 7) is 9.91. The summed E-state index contributed by atoms with van der Waals surface area (Å²) in [7, 11) is 1.63. The summed E-state index contributed by atoms with van der Waals surface area (Å²) < 4.78 is 5.22. The molecule has 0 spiro atoms. The van der Waals surface area contributed by atoms with Gasteiger partial charge in [-0.05, 0) is 56.4 Å². The lowest BCUT2D eigenvalue weighted by Crippen LogP contribution is -2.49. The van der Waals surface area contributed by atoms with Crippen LogP contribution < -0.4 is 25.2 Å².